The molecule has 3 rings (SSSR count). The third-order valence-corrected chi connectivity index (χ3v) is 4.19. The molecule has 0 spiro atoms. The van der Waals surface area contributed by atoms with E-state index in [9.17, 15) is 9.59 Å². The second kappa shape index (κ2) is 7.88. The maximum Gasteiger partial charge on any atom is 0.250 e. The first-order valence-corrected chi connectivity index (χ1v) is 8.51. The fourth-order valence-electron chi connectivity index (χ4n) is 2.83. The Bertz CT molecular complexity index is 800. The van der Waals surface area contributed by atoms with Crippen LogP contribution in [0, 0.1) is 0 Å². The molecule has 1 amide bonds. The van der Waals surface area contributed by atoms with E-state index in [0.717, 1.165) is 17.7 Å². The number of hydrogen-bond acceptors (Lipinski definition) is 4. The van der Waals surface area contributed by atoms with Crippen molar-refractivity contribution in [1.29, 1.82) is 0 Å². The number of ether oxygens (including phenoxy) is 2. The molecule has 0 saturated heterocycles. The third kappa shape index (κ3) is 4.21. The largest absolute Gasteiger partial charge is 0.486 e. The van der Waals surface area contributed by atoms with E-state index in [4.69, 9.17) is 9.47 Å². The van der Waals surface area contributed by atoms with E-state index in [2.05, 4.69) is 5.32 Å². The Balaban J connectivity index is 1.62. The number of nitrogens with one attached hydrogen (secondary N) is 1. The van der Waals surface area contributed by atoms with E-state index < -0.39 is 0 Å². The molecule has 2 heterocycles. The summed E-state index contributed by atoms with van der Waals surface area (Å²) in [6.07, 6.45) is 2.70. The van der Waals surface area contributed by atoms with Crippen molar-refractivity contribution in [1.82, 2.24) is 9.88 Å². The van der Waals surface area contributed by atoms with Gasteiger partial charge in [-0.25, -0.2) is 0 Å². The maximum absolute atomic E-state index is 12.3. The van der Waals surface area contributed by atoms with Crippen LogP contribution >= 0.6 is 0 Å². The lowest BCUT2D eigenvalue weighted by Crippen LogP contribution is -2.30. The third-order valence-electron chi connectivity index (χ3n) is 4.19. The highest BCUT2D eigenvalue weighted by molar-refractivity contribution is 5.76. The van der Waals surface area contributed by atoms with E-state index in [1.807, 2.05) is 25.1 Å². The second-order valence-electron chi connectivity index (χ2n) is 5.91. The number of aromatic nitrogens is 1. The Hall–Kier alpha value is -2.76. The molecule has 6 heteroatoms. The van der Waals surface area contributed by atoms with Crippen molar-refractivity contribution in [2.45, 2.75) is 32.4 Å². The molecule has 6 nitrogen and oxygen atoms in total. The maximum atomic E-state index is 12.3. The summed E-state index contributed by atoms with van der Waals surface area (Å²) in [5.74, 6) is 1.37. The minimum atomic E-state index is -0.103. The van der Waals surface area contributed by atoms with Gasteiger partial charge in [0.1, 0.15) is 13.2 Å². The van der Waals surface area contributed by atoms with Crippen molar-refractivity contribution >= 4 is 5.91 Å². The lowest BCUT2D eigenvalue weighted by molar-refractivity contribution is -0.122. The van der Waals surface area contributed by atoms with Gasteiger partial charge in [-0.2, -0.15) is 0 Å². The summed E-state index contributed by atoms with van der Waals surface area (Å²) in [6.45, 7) is 3.47. The number of rotatable bonds is 6. The molecule has 1 N–H and O–H groups in total. The highest BCUT2D eigenvalue weighted by atomic mass is 16.6. The summed E-state index contributed by atoms with van der Waals surface area (Å²) < 4.78 is 12.7. The second-order valence-corrected chi connectivity index (χ2v) is 5.91. The topological polar surface area (TPSA) is 69.6 Å². The molecule has 1 atom stereocenters. The van der Waals surface area contributed by atoms with Gasteiger partial charge in [0.2, 0.25) is 5.91 Å². The van der Waals surface area contributed by atoms with Gasteiger partial charge in [0, 0.05) is 25.2 Å². The number of pyridine rings is 1. The van der Waals surface area contributed by atoms with Gasteiger partial charge in [0.05, 0.1) is 6.04 Å². The molecule has 1 aromatic heterocycles. The normalized spacial score (nSPS) is 14.0. The molecular weight excluding hydrogens is 320 g/mol. The van der Waals surface area contributed by atoms with E-state index in [-0.39, 0.29) is 23.9 Å². The lowest BCUT2D eigenvalue weighted by atomic mass is 10.0. The van der Waals surface area contributed by atoms with Gasteiger partial charge in [-0.1, -0.05) is 19.1 Å². The molecule has 0 aliphatic carbocycles. The van der Waals surface area contributed by atoms with Crippen LogP contribution < -0.4 is 20.3 Å². The number of aryl methyl sites for hydroxylation is 1. The Kier molecular flexibility index (Phi) is 5.38. The molecule has 1 aromatic carbocycles. The van der Waals surface area contributed by atoms with Gasteiger partial charge in [-0.05, 0) is 30.2 Å². The number of carbonyl (C=O) groups excluding carboxylic acids is 1. The smallest absolute Gasteiger partial charge is 0.250 e. The zero-order chi connectivity index (χ0) is 17.6. The zero-order valence-electron chi connectivity index (χ0n) is 14.2. The highest BCUT2D eigenvalue weighted by Crippen LogP contribution is 2.33. The number of benzene rings is 1. The fourth-order valence-corrected chi connectivity index (χ4v) is 2.83. The van der Waals surface area contributed by atoms with Crippen LogP contribution in [0.25, 0.3) is 0 Å². The van der Waals surface area contributed by atoms with Crippen molar-refractivity contribution in [3.05, 3.63) is 58.5 Å². The number of nitrogens with zero attached hydrogens (tertiary/aromatic N) is 1. The summed E-state index contributed by atoms with van der Waals surface area (Å²) in [7, 11) is 0. The van der Waals surface area contributed by atoms with E-state index in [1.165, 1.54) is 10.6 Å². The summed E-state index contributed by atoms with van der Waals surface area (Å²) >= 11 is 0. The Morgan fingerprint density at radius 2 is 2.00 bits per heavy atom. The predicted molar refractivity (Wildman–Crippen MR) is 93.9 cm³/mol. The van der Waals surface area contributed by atoms with Gasteiger partial charge in [-0.3, -0.25) is 9.59 Å². The van der Waals surface area contributed by atoms with Crippen LogP contribution in [0.1, 0.15) is 31.4 Å². The van der Waals surface area contributed by atoms with E-state index >= 15 is 0 Å². The molecule has 0 saturated carbocycles. The number of fused-ring (bicyclic) bond motifs is 1. The number of hydrogen-bond donors (Lipinski definition) is 1. The first kappa shape index (κ1) is 17.1. The van der Waals surface area contributed by atoms with Crippen LogP contribution in [0.5, 0.6) is 11.5 Å². The van der Waals surface area contributed by atoms with Crippen LogP contribution in [-0.2, 0) is 11.3 Å². The molecule has 0 radical (unpaired) electrons. The summed E-state index contributed by atoms with van der Waals surface area (Å²) in [6, 6.07) is 10.6. The van der Waals surface area contributed by atoms with Crippen molar-refractivity contribution in [2.24, 2.45) is 0 Å². The van der Waals surface area contributed by atoms with Gasteiger partial charge in [-0.15, -0.1) is 0 Å². The monoisotopic (exact) mass is 342 g/mol. The quantitative estimate of drug-likeness (QED) is 0.874. The van der Waals surface area contributed by atoms with Crippen molar-refractivity contribution < 1.29 is 14.3 Å². The first-order chi connectivity index (χ1) is 12.2. The van der Waals surface area contributed by atoms with Crippen LogP contribution in [0.3, 0.4) is 0 Å². The molecule has 1 aliphatic rings. The predicted octanol–water partition coefficient (Wildman–Crippen LogP) is 2.28. The first-order valence-electron chi connectivity index (χ1n) is 8.51. The van der Waals surface area contributed by atoms with Crippen LogP contribution in [0.15, 0.2) is 47.4 Å². The van der Waals surface area contributed by atoms with E-state index in [0.29, 0.717) is 25.5 Å². The summed E-state index contributed by atoms with van der Waals surface area (Å²) in [4.78, 5) is 24.0. The van der Waals surface area contributed by atoms with Crippen LogP contribution in [0.2, 0.25) is 0 Å². The molecule has 25 heavy (non-hydrogen) atoms. The molecule has 2 aromatic rings. The van der Waals surface area contributed by atoms with Gasteiger partial charge < -0.3 is 19.4 Å². The van der Waals surface area contributed by atoms with E-state index in [1.54, 1.807) is 18.3 Å². The number of carbonyl (C=O) groups is 1. The zero-order valence-corrected chi connectivity index (χ0v) is 14.2. The average Bonchev–Trinajstić information content (AvgIpc) is 2.65. The molecule has 132 valence electrons. The van der Waals surface area contributed by atoms with Gasteiger partial charge in [0.25, 0.3) is 5.56 Å². The Morgan fingerprint density at radius 3 is 2.76 bits per heavy atom. The minimum absolute atomic E-state index is 0.0857. The van der Waals surface area contributed by atoms with Crippen molar-refractivity contribution in [3.63, 3.8) is 0 Å². The molecular formula is C19H22N2O4. The Labute approximate surface area is 146 Å². The molecule has 0 fully saturated rings. The van der Waals surface area contributed by atoms with Crippen molar-refractivity contribution in [2.75, 3.05) is 13.2 Å². The fraction of sp³-hybridized carbons (Fsp3) is 0.368. The van der Waals surface area contributed by atoms with Crippen LogP contribution in [0.4, 0.5) is 0 Å². The average molecular weight is 342 g/mol. The molecule has 0 bridgehead atoms. The van der Waals surface area contributed by atoms with Crippen molar-refractivity contribution in [3.8, 4) is 11.5 Å². The Morgan fingerprint density at radius 1 is 1.20 bits per heavy atom. The van der Waals surface area contributed by atoms with Gasteiger partial charge >= 0.3 is 0 Å². The lowest BCUT2D eigenvalue weighted by Gasteiger charge is -2.22. The molecule has 1 unspecified atom stereocenters. The standard InChI is InChI=1S/C19H22N2O4/c1-2-15(14-6-7-16-17(13-14)25-12-11-24-16)20-18(22)8-10-21-9-4-3-5-19(21)23/h3-7,9,13,15H,2,8,10-12H2,1H3,(H,20,22). The minimum Gasteiger partial charge on any atom is -0.486 e. The molecule has 1 aliphatic heterocycles. The summed E-state index contributed by atoms with van der Waals surface area (Å²) in [5, 5.41) is 3.03. The highest BCUT2D eigenvalue weighted by Gasteiger charge is 2.17. The summed E-state index contributed by atoms with van der Waals surface area (Å²) in [5.41, 5.74) is 0.881. The SMILES string of the molecule is CCC(NC(=O)CCn1ccccc1=O)c1ccc2c(c1)OCCO2. The van der Waals surface area contributed by atoms with Crippen LogP contribution in [-0.4, -0.2) is 23.7 Å². The number of amides is 1. The van der Waals surface area contributed by atoms with Gasteiger partial charge in [0.15, 0.2) is 11.5 Å².